The molecule has 0 saturated heterocycles. The topological polar surface area (TPSA) is 84.2 Å². The number of aliphatic hydroxyl groups is 1. The third-order valence-corrected chi connectivity index (χ3v) is 5.43. The molecule has 2 aromatic carbocycles. The van der Waals surface area contributed by atoms with Gasteiger partial charge in [0.1, 0.15) is 12.4 Å². The van der Waals surface area contributed by atoms with Crippen LogP contribution in [0, 0.1) is 27.7 Å². The molecule has 7 heteroatoms. The van der Waals surface area contributed by atoms with Crippen molar-refractivity contribution in [2.75, 3.05) is 11.9 Å². The zero-order chi connectivity index (χ0) is 22.7. The van der Waals surface area contributed by atoms with E-state index < -0.39 is 0 Å². The van der Waals surface area contributed by atoms with E-state index in [1.165, 1.54) is 4.57 Å². The highest BCUT2D eigenvalue weighted by atomic mass is 35.5. The maximum atomic E-state index is 13.2. The van der Waals surface area contributed by atoms with Crippen LogP contribution in [0.25, 0.3) is 11.4 Å². The number of anilines is 1. The Balaban J connectivity index is 2.04. The molecule has 2 N–H and O–H groups in total. The van der Waals surface area contributed by atoms with Crippen LogP contribution in [0.1, 0.15) is 27.9 Å². The van der Waals surface area contributed by atoms with Gasteiger partial charge in [-0.15, -0.1) is 0 Å². The highest BCUT2D eigenvalue weighted by Gasteiger charge is 2.18. The molecule has 0 unspecified atom stereocenters. The number of rotatable bonds is 6. The fourth-order valence-corrected chi connectivity index (χ4v) is 3.89. The summed E-state index contributed by atoms with van der Waals surface area (Å²) in [5.74, 6) is 0.0568. The first kappa shape index (κ1) is 22.7. The summed E-state index contributed by atoms with van der Waals surface area (Å²) in [6, 6.07) is 10.9. The zero-order valence-electron chi connectivity index (χ0n) is 18.1. The Labute approximate surface area is 186 Å². The number of aromatic nitrogens is 2. The monoisotopic (exact) mass is 439 g/mol. The lowest BCUT2D eigenvalue weighted by molar-refractivity contribution is -0.116. The Bertz CT molecular complexity index is 1160. The number of carbonyl (C=O) groups excluding carboxylic acids is 1. The van der Waals surface area contributed by atoms with Crippen LogP contribution < -0.4 is 10.9 Å². The second kappa shape index (κ2) is 9.45. The van der Waals surface area contributed by atoms with Gasteiger partial charge in [0, 0.05) is 40.6 Å². The Hall–Kier alpha value is -2.96. The molecular weight excluding hydrogens is 414 g/mol. The van der Waals surface area contributed by atoms with E-state index in [1.807, 2.05) is 32.9 Å². The van der Waals surface area contributed by atoms with E-state index in [2.05, 4.69) is 10.3 Å². The molecule has 1 aromatic heterocycles. The molecule has 0 atom stereocenters. The summed E-state index contributed by atoms with van der Waals surface area (Å²) in [7, 11) is 0. The van der Waals surface area contributed by atoms with E-state index in [9.17, 15) is 14.7 Å². The van der Waals surface area contributed by atoms with Gasteiger partial charge >= 0.3 is 0 Å². The molecule has 6 nitrogen and oxygen atoms in total. The van der Waals surface area contributed by atoms with Crippen LogP contribution >= 0.6 is 11.6 Å². The summed E-state index contributed by atoms with van der Waals surface area (Å²) in [5.41, 5.74) is 5.05. The second-order valence-corrected chi connectivity index (χ2v) is 8.13. The smallest absolute Gasteiger partial charge is 0.257 e. The lowest BCUT2D eigenvalue weighted by Gasteiger charge is -2.17. The molecule has 1 heterocycles. The van der Waals surface area contributed by atoms with Gasteiger partial charge in [-0.25, -0.2) is 4.98 Å². The molecule has 31 heavy (non-hydrogen) atoms. The molecule has 0 saturated carbocycles. The van der Waals surface area contributed by atoms with Crippen molar-refractivity contribution < 1.29 is 9.90 Å². The van der Waals surface area contributed by atoms with Gasteiger partial charge in [0.15, 0.2) is 0 Å². The maximum Gasteiger partial charge on any atom is 0.257 e. The lowest BCUT2D eigenvalue weighted by atomic mass is 10.1. The minimum absolute atomic E-state index is 0.175. The number of benzene rings is 2. The molecular formula is C24H26ClN3O3. The first-order valence-corrected chi connectivity index (χ1v) is 10.4. The molecule has 0 aliphatic carbocycles. The van der Waals surface area contributed by atoms with Crippen LogP contribution in [-0.4, -0.2) is 27.2 Å². The minimum atomic E-state index is -0.334. The van der Waals surface area contributed by atoms with Gasteiger partial charge in [-0.05, 0) is 63.1 Å². The molecule has 0 bridgehead atoms. The van der Waals surface area contributed by atoms with Crippen molar-refractivity contribution >= 4 is 23.2 Å². The second-order valence-electron chi connectivity index (χ2n) is 7.69. The van der Waals surface area contributed by atoms with Crippen LogP contribution in [-0.2, 0) is 17.8 Å². The Morgan fingerprint density at radius 3 is 2.29 bits per heavy atom. The van der Waals surface area contributed by atoms with Crippen LogP contribution in [0.4, 0.5) is 5.69 Å². The number of nitrogens with zero attached hydrogens (tertiary/aromatic N) is 2. The van der Waals surface area contributed by atoms with Crippen molar-refractivity contribution in [3.8, 4) is 11.4 Å². The van der Waals surface area contributed by atoms with E-state index in [-0.39, 0.29) is 31.0 Å². The number of amides is 1. The predicted molar refractivity (Wildman–Crippen MR) is 124 cm³/mol. The number of nitrogens with one attached hydrogen (secondary N) is 1. The van der Waals surface area contributed by atoms with Gasteiger partial charge in [0.25, 0.3) is 5.56 Å². The molecule has 0 aliphatic rings. The minimum Gasteiger partial charge on any atom is -0.396 e. The van der Waals surface area contributed by atoms with Gasteiger partial charge in [-0.2, -0.15) is 0 Å². The van der Waals surface area contributed by atoms with Crippen LogP contribution in [0.2, 0.25) is 5.02 Å². The number of halogens is 1. The van der Waals surface area contributed by atoms with Gasteiger partial charge in [0.05, 0.1) is 0 Å². The third-order valence-electron chi connectivity index (χ3n) is 5.18. The van der Waals surface area contributed by atoms with Crippen LogP contribution in [0.3, 0.4) is 0 Å². The summed E-state index contributed by atoms with van der Waals surface area (Å²) in [6.07, 6.45) is 0.177. The average Bonchev–Trinajstić information content (AvgIpc) is 2.70. The SMILES string of the molecule is Cc1cc(C)c(NC(=O)Cn2c(-c3ccc(Cl)cc3)nc(C)c(CCO)c2=O)c(C)c1. The quantitative estimate of drug-likeness (QED) is 0.608. The van der Waals surface area contributed by atoms with Crippen molar-refractivity contribution in [2.45, 2.75) is 40.7 Å². The van der Waals surface area contributed by atoms with Crippen molar-refractivity contribution in [3.05, 3.63) is 79.7 Å². The van der Waals surface area contributed by atoms with Gasteiger partial charge in [-0.3, -0.25) is 14.2 Å². The summed E-state index contributed by atoms with van der Waals surface area (Å²) >= 11 is 6.00. The summed E-state index contributed by atoms with van der Waals surface area (Å²) in [6.45, 7) is 7.24. The van der Waals surface area contributed by atoms with Crippen LogP contribution in [0.5, 0.6) is 0 Å². The van der Waals surface area contributed by atoms with E-state index in [0.29, 0.717) is 27.7 Å². The van der Waals surface area contributed by atoms with Crippen LogP contribution in [0.15, 0.2) is 41.2 Å². The summed E-state index contributed by atoms with van der Waals surface area (Å²) in [4.78, 5) is 30.7. The summed E-state index contributed by atoms with van der Waals surface area (Å²) < 4.78 is 1.36. The Morgan fingerprint density at radius 2 is 1.71 bits per heavy atom. The molecule has 3 rings (SSSR count). The van der Waals surface area contributed by atoms with E-state index in [4.69, 9.17) is 11.6 Å². The molecule has 162 valence electrons. The van der Waals surface area contributed by atoms with E-state index in [0.717, 1.165) is 22.4 Å². The fraction of sp³-hybridized carbons (Fsp3) is 0.292. The first-order chi connectivity index (χ1) is 14.7. The zero-order valence-corrected chi connectivity index (χ0v) is 18.9. The lowest BCUT2D eigenvalue weighted by Crippen LogP contribution is -2.33. The Kier molecular flexibility index (Phi) is 6.93. The van der Waals surface area contributed by atoms with Crippen molar-refractivity contribution in [1.82, 2.24) is 9.55 Å². The normalized spacial score (nSPS) is 10.9. The third kappa shape index (κ3) is 5.03. The number of hydrogen-bond donors (Lipinski definition) is 2. The number of aliphatic hydroxyl groups excluding tert-OH is 1. The largest absolute Gasteiger partial charge is 0.396 e. The van der Waals surface area contributed by atoms with Crippen molar-refractivity contribution in [3.63, 3.8) is 0 Å². The highest BCUT2D eigenvalue weighted by Crippen LogP contribution is 2.23. The highest BCUT2D eigenvalue weighted by molar-refractivity contribution is 6.30. The van der Waals surface area contributed by atoms with E-state index >= 15 is 0 Å². The summed E-state index contributed by atoms with van der Waals surface area (Å²) in [5, 5.41) is 12.9. The molecule has 0 radical (unpaired) electrons. The molecule has 0 fully saturated rings. The van der Waals surface area contributed by atoms with Gasteiger partial charge in [-0.1, -0.05) is 29.3 Å². The molecule has 0 aliphatic heterocycles. The Morgan fingerprint density at radius 1 is 1.10 bits per heavy atom. The van der Waals surface area contributed by atoms with Crippen molar-refractivity contribution in [2.24, 2.45) is 0 Å². The average molecular weight is 440 g/mol. The number of carbonyl (C=O) groups is 1. The van der Waals surface area contributed by atoms with Crippen molar-refractivity contribution in [1.29, 1.82) is 0 Å². The maximum absolute atomic E-state index is 13.2. The molecule has 3 aromatic rings. The number of hydrogen-bond acceptors (Lipinski definition) is 4. The number of aryl methyl sites for hydroxylation is 4. The fourth-order valence-electron chi connectivity index (χ4n) is 3.77. The molecule has 0 spiro atoms. The van der Waals surface area contributed by atoms with Gasteiger partial charge < -0.3 is 10.4 Å². The van der Waals surface area contributed by atoms with E-state index in [1.54, 1.807) is 31.2 Å². The van der Waals surface area contributed by atoms with Gasteiger partial charge in [0.2, 0.25) is 5.91 Å². The standard InChI is InChI=1S/C24H26ClN3O3/c1-14-11-15(2)22(16(3)12-14)27-21(30)13-28-23(18-5-7-19(25)8-6-18)26-17(4)20(9-10-29)24(28)31/h5-8,11-12,29H,9-10,13H2,1-4H3,(H,27,30). The predicted octanol–water partition coefficient (Wildman–Crippen LogP) is 3.97. The molecule has 1 amide bonds. The first-order valence-electron chi connectivity index (χ1n) is 10.1.